The van der Waals surface area contributed by atoms with Gasteiger partial charge in [0.2, 0.25) is 16.9 Å². The van der Waals surface area contributed by atoms with Crippen molar-refractivity contribution in [1.29, 1.82) is 0 Å². The Kier molecular flexibility index (Phi) is 8.49. The Labute approximate surface area is 180 Å². The third-order valence-electron chi connectivity index (χ3n) is 5.00. The van der Waals surface area contributed by atoms with Crippen molar-refractivity contribution in [3.63, 3.8) is 0 Å². The molecule has 0 spiro atoms. The second-order valence-corrected chi connectivity index (χ2v) is 9.53. The highest BCUT2D eigenvalue weighted by atomic mass is 32.2. The van der Waals surface area contributed by atoms with Crippen LogP contribution in [0.15, 0.2) is 28.6 Å². The molecular formula is C21H28N4O2S2. The lowest BCUT2D eigenvalue weighted by molar-refractivity contribution is -0.120. The molecule has 1 fully saturated rings. The first-order valence-electron chi connectivity index (χ1n) is 10.3. The van der Waals surface area contributed by atoms with E-state index in [0.29, 0.717) is 9.47 Å². The molecule has 1 aliphatic carbocycles. The van der Waals surface area contributed by atoms with Crippen LogP contribution in [-0.2, 0) is 16.0 Å². The number of hydrogen-bond donors (Lipinski definition) is 2. The number of aryl methyl sites for hydroxylation is 1. The van der Waals surface area contributed by atoms with Gasteiger partial charge in [-0.15, -0.1) is 10.2 Å². The smallest absolute Gasteiger partial charge is 0.234 e. The van der Waals surface area contributed by atoms with Crippen molar-refractivity contribution < 1.29 is 9.59 Å². The molecule has 1 aliphatic rings. The summed E-state index contributed by atoms with van der Waals surface area (Å²) < 4.78 is 0.675. The van der Waals surface area contributed by atoms with Crippen LogP contribution < -0.4 is 10.6 Å². The monoisotopic (exact) mass is 432 g/mol. The maximum Gasteiger partial charge on any atom is 0.234 e. The molecule has 2 aromatic rings. The second-order valence-electron chi connectivity index (χ2n) is 7.33. The number of aromatic nitrogens is 2. The number of carbonyl (C=O) groups is 2. The van der Waals surface area contributed by atoms with E-state index in [1.807, 2.05) is 12.1 Å². The molecule has 0 saturated heterocycles. The maximum atomic E-state index is 12.3. The molecule has 0 atom stereocenters. The van der Waals surface area contributed by atoms with Crippen molar-refractivity contribution >= 4 is 45.7 Å². The van der Waals surface area contributed by atoms with Crippen LogP contribution in [0.5, 0.6) is 0 Å². The minimum absolute atomic E-state index is 0.0394. The molecule has 2 N–H and O–H groups in total. The first-order chi connectivity index (χ1) is 14.1. The van der Waals surface area contributed by atoms with Crippen LogP contribution in [0.25, 0.3) is 0 Å². The lowest BCUT2D eigenvalue weighted by Crippen LogP contribution is -2.24. The molecule has 29 heavy (non-hydrogen) atoms. The Morgan fingerprint density at radius 2 is 1.86 bits per heavy atom. The average molecular weight is 433 g/mol. The normalized spacial score (nSPS) is 14.5. The van der Waals surface area contributed by atoms with Gasteiger partial charge in [0.05, 0.1) is 5.75 Å². The fourth-order valence-electron chi connectivity index (χ4n) is 3.35. The highest BCUT2D eigenvalue weighted by Gasteiger charge is 2.22. The first-order valence-corrected chi connectivity index (χ1v) is 12.1. The van der Waals surface area contributed by atoms with Crippen LogP contribution in [0.2, 0.25) is 0 Å². The number of nitrogens with one attached hydrogen (secondary N) is 2. The van der Waals surface area contributed by atoms with Gasteiger partial charge < -0.3 is 10.6 Å². The molecule has 0 bridgehead atoms. The predicted octanol–water partition coefficient (Wildman–Crippen LogP) is 5.13. The molecule has 156 valence electrons. The molecule has 1 aromatic heterocycles. The molecule has 6 nitrogen and oxygen atoms in total. The van der Waals surface area contributed by atoms with E-state index in [-0.39, 0.29) is 23.5 Å². The summed E-state index contributed by atoms with van der Waals surface area (Å²) in [6.07, 6.45) is 8.77. The molecule has 0 radical (unpaired) electrons. The Balaban J connectivity index is 1.41. The van der Waals surface area contributed by atoms with E-state index < -0.39 is 0 Å². The lowest BCUT2D eigenvalue weighted by Gasteiger charge is -2.19. The van der Waals surface area contributed by atoms with Crippen LogP contribution in [-0.4, -0.2) is 27.8 Å². The van der Waals surface area contributed by atoms with Crippen LogP contribution in [0.1, 0.15) is 57.4 Å². The zero-order valence-corrected chi connectivity index (χ0v) is 18.4. The molecule has 8 heteroatoms. The number of benzene rings is 1. The number of anilines is 2. The van der Waals surface area contributed by atoms with Crippen molar-refractivity contribution in [3.05, 3.63) is 29.8 Å². The summed E-state index contributed by atoms with van der Waals surface area (Å²) in [5, 5.41) is 14.4. The van der Waals surface area contributed by atoms with Crippen LogP contribution in [0.4, 0.5) is 10.8 Å². The minimum Gasteiger partial charge on any atom is -0.325 e. The van der Waals surface area contributed by atoms with Crippen molar-refractivity contribution in [1.82, 2.24) is 10.2 Å². The van der Waals surface area contributed by atoms with Crippen molar-refractivity contribution in [3.8, 4) is 0 Å². The van der Waals surface area contributed by atoms with Crippen LogP contribution in [0, 0.1) is 5.92 Å². The maximum absolute atomic E-state index is 12.3. The molecule has 1 aromatic carbocycles. The minimum atomic E-state index is -0.0840. The van der Waals surface area contributed by atoms with Crippen molar-refractivity contribution in [2.24, 2.45) is 5.92 Å². The second kappa shape index (κ2) is 11.3. The number of amides is 2. The van der Waals surface area contributed by atoms with E-state index in [1.165, 1.54) is 47.9 Å². The van der Waals surface area contributed by atoms with Gasteiger partial charge in [0.25, 0.3) is 0 Å². The summed E-state index contributed by atoms with van der Waals surface area (Å²) in [4.78, 5) is 24.5. The molecule has 0 aliphatic heterocycles. The van der Waals surface area contributed by atoms with Gasteiger partial charge in [-0.05, 0) is 43.4 Å². The quantitative estimate of drug-likeness (QED) is 0.424. The van der Waals surface area contributed by atoms with Gasteiger partial charge in [0.1, 0.15) is 0 Å². The highest BCUT2D eigenvalue weighted by Crippen LogP contribution is 2.28. The Morgan fingerprint density at radius 3 is 2.59 bits per heavy atom. The lowest BCUT2D eigenvalue weighted by atomic mass is 9.89. The van der Waals surface area contributed by atoms with Gasteiger partial charge >= 0.3 is 0 Å². The van der Waals surface area contributed by atoms with E-state index in [0.717, 1.165) is 37.8 Å². The van der Waals surface area contributed by atoms with Crippen LogP contribution >= 0.6 is 23.1 Å². The number of rotatable bonds is 9. The zero-order valence-electron chi connectivity index (χ0n) is 16.8. The highest BCUT2D eigenvalue weighted by molar-refractivity contribution is 8.01. The summed E-state index contributed by atoms with van der Waals surface area (Å²) >= 11 is 2.64. The fourth-order valence-corrected chi connectivity index (χ4v) is 4.91. The summed E-state index contributed by atoms with van der Waals surface area (Å²) in [5.41, 5.74) is 2.09. The third kappa shape index (κ3) is 7.12. The summed E-state index contributed by atoms with van der Waals surface area (Å²) in [6, 6.07) is 8.00. The Hall–Kier alpha value is -1.93. The largest absolute Gasteiger partial charge is 0.325 e. The molecular weight excluding hydrogens is 404 g/mol. The van der Waals surface area contributed by atoms with E-state index in [9.17, 15) is 9.59 Å². The Bertz CT molecular complexity index is 801. The number of thioether (sulfide) groups is 1. The van der Waals surface area contributed by atoms with Crippen molar-refractivity contribution in [2.45, 2.75) is 62.6 Å². The van der Waals surface area contributed by atoms with Gasteiger partial charge in [-0.1, -0.05) is 67.8 Å². The number of hydrogen-bond acceptors (Lipinski definition) is 6. The van der Waals surface area contributed by atoms with Gasteiger partial charge in [-0.3, -0.25) is 9.59 Å². The van der Waals surface area contributed by atoms with Gasteiger partial charge in [-0.2, -0.15) is 0 Å². The number of nitrogens with zero attached hydrogens (tertiary/aromatic N) is 2. The van der Waals surface area contributed by atoms with E-state index in [2.05, 4.69) is 39.9 Å². The summed E-state index contributed by atoms with van der Waals surface area (Å²) in [7, 11) is 0. The summed E-state index contributed by atoms with van der Waals surface area (Å²) in [6.45, 7) is 2.18. The predicted molar refractivity (Wildman–Crippen MR) is 120 cm³/mol. The third-order valence-corrected chi connectivity index (χ3v) is 6.97. The SMILES string of the molecule is CCCCc1ccc(NC(=O)CSc2nnc(NC(=O)C3CCCCC3)s2)cc1. The molecule has 3 rings (SSSR count). The summed E-state index contributed by atoms with van der Waals surface area (Å²) in [5.74, 6) is 0.294. The number of unbranched alkanes of at least 4 members (excludes halogenated alkanes) is 1. The van der Waals surface area contributed by atoms with Gasteiger partial charge in [0, 0.05) is 11.6 Å². The molecule has 2 amide bonds. The first kappa shape index (κ1) is 21.8. The van der Waals surface area contributed by atoms with Crippen LogP contribution in [0.3, 0.4) is 0 Å². The average Bonchev–Trinajstić information content (AvgIpc) is 3.19. The fraction of sp³-hybridized carbons (Fsp3) is 0.524. The van der Waals surface area contributed by atoms with E-state index in [1.54, 1.807) is 0 Å². The Morgan fingerprint density at radius 1 is 1.10 bits per heavy atom. The van der Waals surface area contributed by atoms with Crippen molar-refractivity contribution in [2.75, 3.05) is 16.4 Å². The standard InChI is InChI=1S/C21H28N4O2S2/c1-2-3-7-15-10-12-17(13-11-15)22-18(26)14-28-21-25-24-20(29-21)23-19(27)16-8-5-4-6-9-16/h10-13,16H,2-9,14H2,1H3,(H,22,26)(H,23,24,27). The van der Waals surface area contributed by atoms with Gasteiger partial charge in [0.15, 0.2) is 4.34 Å². The number of carbonyl (C=O) groups excluding carboxylic acids is 2. The zero-order chi connectivity index (χ0) is 20.5. The van der Waals surface area contributed by atoms with E-state index >= 15 is 0 Å². The molecule has 1 saturated carbocycles. The van der Waals surface area contributed by atoms with Gasteiger partial charge in [-0.25, -0.2) is 0 Å². The topological polar surface area (TPSA) is 84.0 Å². The molecule has 0 unspecified atom stereocenters. The molecule has 1 heterocycles. The van der Waals surface area contributed by atoms with E-state index in [4.69, 9.17) is 0 Å².